The molecule has 21 heavy (non-hydrogen) atoms. The molecule has 5 heteroatoms. The number of ether oxygens (including phenoxy) is 1. The smallest absolute Gasteiger partial charge is 0.323 e. The molecular weight excluding hydrogens is 266 g/mol. The van der Waals surface area contributed by atoms with Gasteiger partial charge >= 0.3 is 6.03 Å². The monoisotopic (exact) mass is 291 g/mol. The summed E-state index contributed by atoms with van der Waals surface area (Å²) in [7, 11) is 0. The fourth-order valence-electron chi connectivity index (χ4n) is 2.54. The number of aromatic nitrogens is 1. The quantitative estimate of drug-likeness (QED) is 0.906. The fourth-order valence-corrected chi connectivity index (χ4v) is 2.54. The number of amides is 2. The highest BCUT2D eigenvalue weighted by atomic mass is 16.5. The van der Waals surface area contributed by atoms with Crippen molar-refractivity contribution in [1.82, 2.24) is 9.88 Å². The average molecular weight is 291 g/mol. The average Bonchev–Trinajstić information content (AvgIpc) is 2.48. The Morgan fingerprint density at radius 1 is 1.52 bits per heavy atom. The van der Waals surface area contributed by atoms with Gasteiger partial charge < -0.3 is 9.64 Å². The Bertz CT molecular complexity index is 459. The minimum atomic E-state index is -0.0934. The predicted molar refractivity (Wildman–Crippen MR) is 83.4 cm³/mol. The Balaban J connectivity index is 1.94. The zero-order valence-corrected chi connectivity index (χ0v) is 13.0. The number of nitrogens with one attached hydrogen (secondary N) is 1. The van der Waals surface area contributed by atoms with Crippen LogP contribution in [0.4, 0.5) is 10.6 Å². The molecule has 116 valence electrons. The minimum absolute atomic E-state index is 0.0934. The number of hydrogen-bond donors (Lipinski definition) is 1. The lowest BCUT2D eigenvalue weighted by Crippen LogP contribution is -2.42. The molecule has 1 aliphatic rings. The van der Waals surface area contributed by atoms with E-state index in [1.807, 2.05) is 24.0 Å². The van der Waals surface area contributed by atoms with Gasteiger partial charge in [0.05, 0.1) is 6.10 Å². The van der Waals surface area contributed by atoms with Gasteiger partial charge in [0.15, 0.2) is 0 Å². The maximum atomic E-state index is 12.4. The Kier molecular flexibility index (Phi) is 5.99. The molecule has 2 heterocycles. The highest BCUT2D eigenvalue weighted by Gasteiger charge is 2.21. The molecule has 2 amide bonds. The van der Waals surface area contributed by atoms with Crippen molar-refractivity contribution < 1.29 is 9.53 Å². The van der Waals surface area contributed by atoms with Gasteiger partial charge in [0.1, 0.15) is 5.82 Å². The summed E-state index contributed by atoms with van der Waals surface area (Å²) >= 11 is 0. The Hall–Kier alpha value is -1.62. The molecule has 1 saturated heterocycles. The van der Waals surface area contributed by atoms with Gasteiger partial charge in [0.25, 0.3) is 0 Å². The van der Waals surface area contributed by atoms with E-state index in [0.717, 1.165) is 38.0 Å². The maximum Gasteiger partial charge on any atom is 0.323 e. The standard InChI is InChI=1S/C16H25N3O2/c1-3-9-19(12-14-6-4-5-10-21-14)16(20)18-15-11-13(2)7-8-17-15/h7-8,11,14H,3-6,9-10,12H2,1-2H3,(H,17,18,20)/t14-/m0/s1. The zero-order chi connectivity index (χ0) is 15.1. The van der Waals surface area contributed by atoms with Crippen LogP contribution in [0.5, 0.6) is 0 Å². The molecule has 0 saturated carbocycles. The number of carbonyl (C=O) groups is 1. The minimum Gasteiger partial charge on any atom is -0.376 e. The molecule has 0 unspecified atom stereocenters. The topological polar surface area (TPSA) is 54.5 Å². The third-order valence-electron chi connectivity index (χ3n) is 3.63. The van der Waals surface area contributed by atoms with Gasteiger partial charge in [-0.25, -0.2) is 9.78 Å². The third kappa shape index (κ3) is 5.01. The first-order valence-electron chi connectivity index (χ1n) is 7.79. The molecule has 1 atom stereocenters. The molecule has 1 fully saturated rings. The molecule has 0 bridgehead atoms. The molecule has 1 aromatic heterocycles. The molecule has 0 radical (unpaired) electrons. The van der Waals surface area contributed by atoms with Crippen molar-refractivity contribution in [1.29, 1.82) is 0 Å². The molecule has 0 aromatic carbocycles. The number of urea groups is 1. The van der Waals surface area contributed by atoms with Crippen molar-refractivity contribution in [2.75, 3.05) is 25.0 Å². The third-order valence-corrected chi connectivity index (χ3v) is 3.63. The molecule has 1 aromatic rings. The van der Waals surface area contributed by atoms with Crippen molar-refractivity contribution in [2.24, 2.45) is 0 Å². The zero-order valence-electron chi connectivity index (χ0n) is 13.0. The Morgan fingerprint density at radius 3 is 3.05 bits per heavy atom. The summed E-state index contributed by atoms with van der Waals surface area (Å²) in [6.07, 6.45) is 6.16. The van der Waals surface area contributed by atoms with Crippen molar-refractivity contribution in [3.05, 3.63) is 23.9 Å². The Labute approximate surface area is 126 Å². The molecular formula is C16H25N3O2. The van der Waals surface area contributed by atoms with Gasteiger partial charge in [-0.3, -0.25) is 5.32 Å². The van der Waals surface area contributed by atoms with E-state index in [0.29, 0.717) is 12.4 Å². The lowest BCUT2D eigenvalue weighted by atomic mass is 10.1. The van der Waals surface area contributed by atoms with Crippen LogP contribution in [0, 0.1) is 6.92 Å². The van der Waals surface area contributed by atoms with Crippen LogP contribution in [-0.2, 0) is 4.74 Å². The number of rotatable bonds is 5. The van der Waals surface area contributed by atoms with Crippen molar-refractivity contribution in [2.45, 2.75) is 45.6 Å². The second-order valence-electron chi connectivity index (χ2n) is 5.58. The van der Waals surface area contributed by atoms with Gasteiger partial charge in [-0.2, -0.15) is 0 Å². The number of hydrogen-bond acceptors (Lipinski definition) is 3. The largest absolute Gasteiger partial charge is 0.376 e. The van der Waals surface area contributed by atoms with Crippen molar-refractivity contribution in [3.63, 3.8) is 0 Å². The van der Waals surface area contributed by atoms with Crippen LogP contribution < -0.4 is 5.32 Å². The van der Waals surface area contributed by atoms with Crippen LogP contribution in [0.15, 0.2) is 18.3 Å². The number of pyridine rings is 1. The summed E-state index contributed by atoms with van der Waals surface area (Å²) in [4.78, 5) is 18.4. The number of carbonyl (C=O) groups excluding carboxylic acids is 1. The summed E-state index contributed by atoms with van der Waals surface area (Å²) in [6, 6.07) is 3.69. The van der Waals surface area contributed by atoms with E-state index < -0.39 is 0 Å². The highest BCUT2D eigenvalue weighted by molar-refractivity contribution is 5.88. The molecule has 1 aliphatic heterocycles. The first-order valence-corrected chi connectivity index (χ1v) is 7.79. The molecule has 0 aliphatic carbocycles. The van der Waals surface area contributed by atoms with E-state index >= 15 is 0 Å². The van der Waals surface area contributed by atoms with Crippen LogP contribution >= 0.6 is 0 Å². The van der Waals surface area contributed by atoms with Gasteiger partial charge in [-0.05, 0) is 50.3 Å². The lowest BCUT2D eigenvalue weighted by molar-refractivity contribution is 0.00161. The van der Waals surface area contributed by atoms with E-state index in [4.69, 9.17) is 4.74 Å². The fraction of sp³-hybridized carbons (Fsp3) is 0.625. The van der Waals surface area contributed by atoms with Gasteiger partial charge in [0.2, 0.25) is 0 Å². The van der Waals surface area contributed by atoms with Crippen LogP contribution in [-0.4, -0.2) is 41.7 Å². The SMILES string of the molecule is CCCN(C[C@@H]1CCCCO1)C(=O)Nc1cc(C)ccn1. The number of anilines is 1. The molecule has 1 N–H and O–H groups in total. The second-order valence-corrected chi connectivity index (χ2v) is 5.58. The van der Waals surface area contributed by atoms with Crippen LogP contribution in [0.25, 0.3) is 0 Å². The van der Waals surface area contributed by atoms with Crippen LogP contribution in [0.1, 0.15) is 38.2 Å². The van der Waals surface area contributed by atoms with Crippen LogP contribution in [0.3, 0.4) is 0 Å². The Morgan fingerprint density at radius 2 is 2.38 bits per heavy atom. The summed E-state index contributed by atoms with van der Waals surface area (Å²) in [5.41, 5.74) is 1.08. The summed E-state index contributed by atoms with van der Waals surface area (Å²) in [5, 5.41) is 2.88. The first kappa shape index (κ1) is 15.8. The normalized spacial score (nSPS) is 18.3. The van der Waals surface area contributed by atoms with Crippen molar-refractivity contribution >= 4 is 11.8 Å². The lowest BCUT2D eigenvalue weighted by Gasteiger charge is -2.29. The van der Waals surface area contributed by atoms with E-state index in [9.17, 15) is 4.79 Å². The highest BCUT2D eigenvalue weighted by Crippen LogP contribution is 2.15. The van der Waals surface area contributed by atoms with E-state index in [-0.39, 0.29) is 12.1 Å². The predicted octanol–water partition coefficient (Wildman–Crippen LogP) is 3.20. The van der Waals surface area contributed by atoms with Crippen LogP contribution in [0.2, 0.25) is 0 Å². The van der Waals surface area contributed by atoms with Gasteiger partial charge in [-0.15, -0.1) is 0 Å². The summed E-state index contributed by atoms with van der Waals surface area (Å²) in [6.45, 7) is 6.26. The van der Waals surface area contributed by atoms with E-state index in [1.165, 1.54) is 6.42 Å². The van der Waals surface area contributed by atoms with E-state index in [1.54, 1.807) is 6.20 Å². The van der Waals surface area contributed by atoms with Gasteiger partial charge in [-0.1, -0.05) is 6.92 Å². The van der Waals surface area contributed by atoms with E-state index in [2.05, 4.69) is 17.2 Å². The second kappa shape index (κ2) is 7.98. The number of aryl methyl sites for hydroxylation is 1. The van der Waals surface area contributed by atoms with Gasteiger partial charge in [0, 0.05) is 25.9 Å². The first-order chi connectivity index (χ1) is 10.2. The van der Waals surface area contributed by atoms with Crippen molar-refractivity contribution in [3.8, 4) is 0 Å². The maximum absolute atomic E-state index is 12.4. The molecule has 2 rings (SSSR count). The molecule has 0 spiro atoms. The number of nitrogens with zero attached hydrogens (tertiary/aromatic N) is 2. The summed E-state index contributed by atoms with van der Waals surface area (Å²) in [5.74, 6) is 0.602. The molecule has 5 nitrogen and oxygen atoms in total. The summed E-state index contributed by atoms with van der Waals surface area (Å²) < 4.78 is 5.74.